The fraction of sp³-hybridized carbons (Fsp3) is 0.600. The highest BCUT2D eigenvalue weighted by Gasteiger charge is 1.76. The van der Waals surface area contributed by atoms with E-state index in [0.29, 0.717) is 6.33 Å². The molecule has 0 aromatic carbocycles. The van der Waals surface area contributed by atoms with Crippen LogP contribution in [0.2, 0.25) is 0 Å². The smallest absolute Gasteiger partial charge is 0.0856 e. The molecular formula is C5H9F. The highest BCUT2D eigenvalue weighted by atomic mass is 19.1. The Morgan fingerprint density at radius 3 is 2.33 bits per heavy atom. The quantitative estimate of drug-likeness (QED) is 0.461. The standard InChI is InChI=1S/C5H9F/c1-3-5(2)4-6/h4H,3H2,1-2H3. The summed E-state index contributed by atoms with van der Waals surface area (Å²) >= 11 is 0. The zero-order chi connectivity index (χ0) is 4.99. The van der Waals surface area contributed by atoms with Crippen LogP contribution in [0.15, 0.2) is 11.9 Å². The van der Waals surface area contributed by atoms with Crippen LogP contribution in [-0.2, 0) is 0 Å². The molecule has 0 bridgehead atoms. The van der Waals surface area contributed by atoms with Crippen LogP contribution in [0.1, 0.15) is 20.3 Å². The second-order valence-electron chi connectivity index (χ2n) is 1.31. The van der Waals surface area contributed by atoms with Gasteiger partial charge < -0.3 is 0 Å². The van der Waals surface area contributed by atoms with Gasteiger partial charge in [0.2, 0.25) is 0 Å². The molecule has 0 aliphatic rings. The van der Waals surface area contributed by atoms with E-state index in [-0.39, 0.29) is 0 Å². The van der Waals surface area contributed by atoms with Gasteiger partial charge in [-0.2, -0.15) is 0 Å². The van der Waals surface area contributed by atoms with E-state index in [0.717, 1.165) is 12.0 Å². The van der Waals surface area contributed by atoms with Gasteiger partial charge in [0.15, 0.2) is 0 Å². The highest BCUT2D eigenvalue weighted by Crippen LogP contribution is 1.95. The molecule has 0 aliphatic heterocycles. The van der Waals surface area contributed by atoms with Gasteiger partial charge in [-0.3, -0.25) is 0 Å². The number of hydrogen-bond acceptors (Lipinski definition) is 0. The summed E-state index contributed by atoms with van der Waals surface area (Å²) in [4.78, 5) is 0. The van der Waals surface area contributed by atoms with Crippen LogP contribution in [0.4, 0.5) is 4.39 Å². The zero-order valence-electron chi connectivity index (χ0n) is 4.16. The van der Waals surface area contributed by atoms with Crippen LogP contribution < -0.4 is 0 Å². The van der Waals surface area contributed by atoms with Crippen molar-refractivity contribution in [2.75, 3.05) is 0 Å². The summed E-state index contributed by atoms with van der Waals surface area (Å²) in [6.07, 6.45) is 1.45. The molecule has 1 heteroatoms. The molecule has 0 saturated carbocycles. The van der Waals surface area contributed by atoms with Gasteiger partial charge in [0.25, 0.3) is 0 Å². The minimum atomic E-state index is 0.639. The van der Waals surface area contributed by atoms with Crippen molar-refractivity contribution in [1.29, 1.82) is 0 Å². The van der Waals surface area contributed by atoms with E-state index in [4.69, 9.17) is 0 Å². The van der Waals surface area contributed by atoms with Crippen LogP contribution in [0, 0.1) is 0 Å². The Bertz CT molecular complexity index is 55.0. The van der Waals surface area contributed by atoms with Crippen LogP contribution in [0.5, 0.6) is 0 Å². The summed E-state index contributed by atoms with van der Waals surface area (Å²) in [6.45, 7) is 3.69. The van der Waals surface area contributed by atoms with Crippen molar-refractivity contribution in [3.8, 4) is 0 Å². The normalized spacial score (nSPS) is 12.2. The molecule has 0 heterocycles. The maximum Gasteiger partial charge on any atom is 0.0856 e. The number of rotatable bonds is 1. The molecular weight excluding hydrogens is 79.1 g/mol. The van der Waals surface area contributed by atoms with Gasteiger partial charge in [-0.15, -0.1) is 0 Å². The predicted molar refractivity (Wildman–Crippen MR) is 25.2 cm³/mol. The first-order chi connectivity index (χ1) is 2.81. The van der Waals surface area contributed by atoms with Gasteiger partial charge in [0.1, 0.15) is 0 Å². The lowest BCUT2D eigenvalue weighted by atomic mass is 10.3. The SMILES string of the molecule is CCC(C)=CF. The summed E-state index contributed by atoms with van der Waals surface area (Å²) in [5.41, 5.74) is 0.801. The number of halogens is 1. The molecule has 0 unspecified atom stereocenters. The molecule has 0 fully saturated rings. The van der Waals surface area contributed by atoms with Crippen molar-refractivity contribution in [3.63, 3.8) is 0 Å². The molecule has 0 nitrogen and oxygen atoms in total. The third kappa shape index (κ3) is 1.94. The van der Waals surface area contributed by atoms with Crippen molar-refractivity contribution in [3.05, 3.63) is 11.9 Å². The van der Waals surface area contributed by atoms with Crippen molar-refractivity contribution < 1.29 is 4.39 Å². The van der Waals surface area contributed by atoms with E-state index in [2.05, 4.69) is 0 Å². The fourth-order valence-electron chi connectivity index (χ4n) is 0.0772. The van der Waals surface area contributed by atoms with Crippen LogP contribution in [0.3, 0.4) is 0 Å². The molecule has 0 aromatic rings. The first kappa shape index (κ1) is 5.67. The monoisotopic (exact) mass is 88.1 g/mol. The Kier molecular flexibility index (Phi) is 2.73. The maximum atomic E-state index is 11.2. The summed E-state index contributed by atoms with van der Waals surface area (Å²) in [6, 6.07) is 0. The molecule has 0 N–H and O–H groups in total. The fourth-order valence-corrected chi connectivity index (χ4v) is 0.0772. The summed E-state index contributed by atoms with van der Waals surface area (Å²) in [5, 5.41) is 0. The van der Waals surface area contributed by atoms with Gasteiger partial charge in [0, 0.05) is 0 Å². The molecule has 0 spiro atoms. The molecule has 36 valence electrons. The second kappa shape index (κ2) is 2.88. The number of allylic oxidation sites excluding steroid dienone is 1. The zero-order valence-corrected chi connectivity index (χ0v) is 4.16. The van der Waals surface area contributed by atoms with Crippen LogP contribution in [0.25, 0.3) is 0 Å². The van der Waals surface area contributed by atoms with Crippen molar-refractivity contribution >= 4 is 0 Å². The molecule has 0 atom stereocenters. The molecule has 0 saturated heterocycles. The Balaban J connectivity index is 3.22. The first-order valence-corrected chi connectivity index (χ1v) is 2.07. The Morgan fingerprint density at radius 2 is 2.33 bits per heavy atom. The lowest BCUT2D eigenvalue weighted by Crippen LogP contribution is -1.63. The van der Waals surface area contributed by atoms with Crippen LogP contribution >= 0.6 is 0 Å². The lowest BCUT2D eigenvalue weighted by Gasteiger charge is -1.82. The van der Waals surface area contributed by atoms with Crippen LogP contribution in [-0.4, -0.2) is 0 Å². The predicted octanol–water partition coefficient (Wildman–Crippen LogP) is 2.27. The van der Waals surface area contributed by atoms with E-state index < -0.39 is 0 Å². The Morgan fingerprint density at radius 1 is 1.83 bits per heavy atom. The molecule has 0 amide bonds. The van der Waals surface area contributed by atoms with Crippen molar-refractivity contribution in [2.45, 2.75) is 20.3 Å². The maximum absolute atomic E-state index is 11.2. The average molecular weight is 88.1 g/mol. The van der Waals surface area contributed by atoms with Gasteiger partial charge in [-0.25, -0.2) is 4.39 Å². The average Bonchev–Trinajstić information content (AvgIpc) is 1.65. The minimum absolute atomic E-state index is 0.639. The Hall–Kier alpha value is -0.330. The van der Waals surface area contributed by atoms with E-state index in [1.54, 1.807) is 6.92 Å². The molecule has 0 radical (unpaired) electrons. The third-order valence-electron chi connectivity index (χ3n) is 0.744. The third-order valence-corrected chi connectivity index (χ3v) is 0.744. The van der Waals surface area contributed by atoms with Gasteiger partial charge in [0.05, 0.1) is 6.33 Å². The van der Waals surface area contributed by atoms with E-state index in [9.17, 15) is 4.39 Å². The first-order valence-electron chi connectivity index (χ1n) is 2.07. The molecule has 0 aromatic heterocycles. The van der Waals surface area contributed by atoms with E-state index in [1.807, 2.05) is 6.92 Å². The minimum Gasteiger partial charge on any atom is -0.216 e. The molecule has 0 rings (SSSR count). The van der Waals surface area contributed by atoms with Gasteiger partial charge >= 0.3 is 0 Å². The van der Waals surface area contributed by atoms with Crippen molar-refractivity contribution in [2.24, 2.45) is 0 Å². The lowest BCUT2D eigenvalue weighted by molar-refractivity contribution is 0.703. The van der Waals surface area contributed by atoms with Gasteiger partial charge in [-0.05, 0) is 18.9 Å². The summed E-state index contributed by atoms with van der Waals surface area (Å²) in [7, 11) is 0. The van der Waals surface area contributed by atoms with E-state index in [1.165, 1.54) is 0 Å². The van der Waals surface area contributed by atoms with Gasteiger partial charge in [-0.1, -0.05) is 6.92 Å². The highest BCUT2D eigenvalue weighted by molar-refractivity contribution is 4.89. The summed E-state index contributed by atoms with van der Waals surface area (Å²) in [5.74, 6) is 0. The second-order valence-corrected chi connectivity index (χ2v) is 1.31. The summed E-state index contributed by atoms with van der Waals surface area (Å²) < 4.78 is 11.2. The topological polar surface area (TPSA) is 0 Å². The van der Waals surface area contributed by atoms with E-state index >= 15 is 0 Å². The molecule has 6 heavy (non-hydrogen) atoms. The number of hydrogen-bond donors (Lipinski definition) is 0. The molecule has 0 aliphatic carbocycles. The largest absolute Gasteiger partial charge is 0.216 e. The van der Waals surface area contributed by atoms with Crippen molar-refractivity contribution in [1.82, 2.24) is 0 Å². The Labute approximate surface area is 37.7 Å².